The summed E-state index contributed by atoms with van der Waals surface area (Å²) in [6.45, 7) is 1.75. The van der Waals surface area contributed by atoms with Crippen molar-refractivity contribution in [3.8, 4) is 0 Å². The summed E-state index contributed by atoms with van der Waals surface area (Å²) in [6, 6.07) is -0.623. The molecule has 0 bridgehead atoms. The first kappa shape index (κ1) is 9.39. The number of esters is 1. The van der Waals surface area contributed by atoms with Crippen LogP contribution in [0.25, 0.3) is 0 Å². The lowest BCUT2D eigenvalue weighted by Crippen LogP contribution is -2.47. The first-order valence-corrected chi connectivity index (χ1v) is 3.14. The molecule has 0 rings (SSSR count). The Morgan fingerprint density at radius 2 is 2.20 bits per heavy atom. The molecule has 0 aliphatic carbocycles. The third-order valence-electron chi connectivity index (χ3n) is 1.29. The number of carbonyl (C=O) groups is 1. The third kappa shape index (κ3) is 2.33. The fourth-order valence-corrected chi connectivity index (χ4v) is 0.722. The number of likely N-dealkylation sites (N-methyl/N-ethyl adjacent to an activating group) is 1. The number of hydrogen-bond acceptors (Lipinski definition) is 4. The van der Waals surface area contributed by atoms with Crippen LogP contribution in [0.4, 0.5) is 0 Å². The van der Waals surface area contributed by atoms with Crippen LogP contribution < -0.4 is 11.1 Å². The summed E-state index contributed by atoms with van der Waals surface area (Å²) >= 11 is 0. The Morgan fingerprint density at radius 3 is 2.30 bits per heavy atom. The van der Waals surface area contributed by atoms with E-state index in [4.69, 9.17) is 5.73 Å². The number of rotatable bonds is 3. The zero-order valence-corrected chi connectivity index (χ0v) is 6.55. The molecule has 3 N–H and O–H groups in total. The fourth-order valence-electron chi connectivity index (χ4n) is 0.722. The monoisotopic (exact) mass is 146 g/mol. The Labute approximate surface area is 60.7 Å². The molecule has 0 unspecified atom stereocenters. The van der Waals surface area contributed by atoms with E-state index < -0.39 is 6.04 Å². The molecule has 0 radical (unpaired) electrons. The van der Waals surface area contributed by atoms with E-state index in [1.165, 1.54) is 7.11 Å². The molecule has 4 nitrogen and oxygen atoms in total. The molecule has 0 heterocycles. The van der Waals surface area contributed by atoms with Crippen molar-refractivity contribution in [3.05, 3.63) is 0 Å². The van der Waals surface area contributed by atoms with Crippen molar-refractivity contribution in [2.24, 2.45) is 5.73 Å². The van der Waals surface area contributed by atoms with Gasteiger partial charge < -0.3 is 15.8 Å². The molecule has 2 atom stereocenters. The van der Waals surface area contributed by atoms with Crippen LogP contribution in [0.5, 0.6) is 0 Å². The second kappa shape index (κ2) is 4.24. The number of carbonyl (C=O) groups excluding carboxylic acids is 1. The molecule has 10 heavy (non-hydrogen) atoms. The zero-order chi connectivity index (χ0) is 8.15. The lowest BCUT2D eigenvalue weighted by Gasteiger charge is -2.16. The van der Waals surface area contributed by atoms with E-state index in [0.717, 1.165) is 0 Å². The molecule has 4 heteroatoms. The summed E-state index contributed by atoms with van der Waals surface area (Å²) in [5, 5.41) is 2.75. The number of nitrogens with two attached hydrogens (primary N) is 1. The maximum Gasteiger partial charge on any atom is 0.324 e. The lowest BCUT2D eigenvalue weighted by atomic mass is 10.1. The van der Waals surface area contributed by atoms with E-state index >= 15 is 0 Å². The highest BCUT2D eigenvalue weighted by Crippen LogP contribution is 1.90. The van der Waals surface area contributed by atoms with Crippen molar-refractivity contribution < 1.29 is 9.53 Å². The molecule has 0 fully saturated rings. The molecule has 0 aliphatic rings. The molecule has 0 saturated carbocycles. The van der Waals surface area contributed by atoms with Gasteiger partial charge in [0.05, 0.1) is 7.11 Å². The Kier molecular flexibility index (Phi) is 3.99. The minimum absolute atomic E-state index is 0.225. The normalized spacial score (nSPS) is 16.0. The van der Waals surface area contributed by atoms with Crippen molar-refractivity contribution in [1.82, 2.24) is 5.32 Å². The highest BCUT2D eigenvalue weighted by molar-refractivity contribution is 5.76. The highest BCUT2D eigenvalue weighted by atomic mass is 16.5. The summed E-state index contributed by atoms with van der Waals surface area (Å²) in [5.41, 5.74) is 5.46. The van der Waals surface area contributed by atoms with Gasteiger partial charge in [0.1, 0.15) is 6.04 Å². The summed E-state index contributed by atoms with van der Waals surface area (Å²) in [6.07, 6.45) is 0. The number of ether oxygens (including phenoxy) is 1. The van der Waals surface area contributed by atoms with Crippen LogP contribution in [-0.4, -0.2) is 32.2 Å². The van der Waals surface area contributed by atoms with Crippen LogP contribution in [0.1, 0.15) is 6.92 Å². The SMILES string of the molecule is CN[C@H](C(=O)OC)[C@H](C)N. The molecule has 0 aromatic rings. The molecule has 0 aliphatic heterocycles. The maximum absolute atomic E-state index is 10.8. The van der Waals surface area contributed by atoms with Crippen molar-refractivity contribution in [2.75, 3.05) is 14.2 Å². The van der Waals surface area contributed by atoms with Gasteiger partial charge in [0.2, 0.25) is 0 Å². The minimum Gasteiger partial charge on any atom is -0.468 e. The van der Waals surface area contributed by atoms with Crippen molar-refractivity contribution >= 4 is 5.97 Å². The van der Waals surface area contributed by atoms with Crippen LogP contribution in [0.2, 0.25) is 0 Å². The van der Waals surface area contributed by atoms with Gasteiger partial charge in [-0.25, -0.2) is 0 Å². The van der Waals surface area contributed by atoms with E-state index in [9.17, 15) is 4.79 Å². The van der Waals surface area contributed by atoms with Gasteiger partial charge in [0, 0.05) is 6.04 Å². The van der Waals surface area contributed by atoms with Crippen LogP contribution in [0.3, 0.4) is 0 Å². The number of hydrogen-bond donors (Lipinski definition) is 2. The first-order chi connectivity index (χ1) is 4.63. The number of methoxy groups -OCH3 is 1. The van der Waals surface area contributed by atoms with Gasteiger partial charge in [-0.3, -0.25) is 4.79 Å². The highest BCUT2D eigenvalue weighted by Gasteiger charge is 2.20. The first-order valence-electron chi connectivity index (χ1n) is 3.14. The summed E-state index contributed by atoms with van der Waals surface area (Å²) in [4.78, 5) is 10.8. The van der Waals surface area contributed by atoms with Crippen molar-refractivity contribution in [3.63, 3.8) is 0 Å². The van der Waals surface area contributed by atoms with E-state index in [1.54, 1.807) is 14.0 Å². The van der Waals surface area contributed by atoms with Crippen LogP contribution in [0, 0.1) is 0 Å². The van der Waals surface area contributed by atoms with E-state index in [1.807, 2.05) is 0 Å². The van der Waals surface area contributed by atoms with Gasteiger partial charge in [0.25, 0.3) is 0 Å². The van der Waals surface area contributed by atoms with Gasteiger partial charge in [-0.05, 0) is 14.0 Å². The van der Waals surface area contributed by atoms with Gasteiger partial charge in [0.15, 0.2) is 0 Å². The van der Waals surface area contributed by atoms with E-state index in [0.29, 0.717) is 0 Å². The summed E-state index contributed by atoms with van der Waals surface area (Å²) < 4.78 is 4.48. The fraction of sp³-hybridized carbons (Fsp3) is 0.833. The summed E-state index contributed by atoms with van der Waals surface area (Å²) in [5.74, 6) is -0.322. The topological polar surface area (TPSA) is 64.3 Å². The molecular weight excluding hydrogens is 132 g/mol. The molecule has 0 saturated heterocycles. The van der Waals surface area contributed by atoms with Crippen molar-refractivity contribution in [1.29, 1.82) is 0 Å². The predicted molar refractivity (Wildman–Crippen MR) is 38.5 cm³/mol. The van der Waals surface area contributed by atoms with Crippen LogP contribution >= 0.6 is 0 Å². The maximum atomic E-state index is 10.8. The predicted octanol–water partition coefficient (Wildman–Crippen LogP) is -0.905. The molecule has 60 valence electrons. The lowest BCUT2D eigenvalue weighted by molar-refractivity contribution is -0.143. The van der Waals surface area contributed by atoms with Crippen molar-refractivity contribution in [2.45, 2.75) is 19.0 Å². The second-order valence-electron chi connectivity index (χ2n) is 2.15. The zero-order valence-electron chi connectivity index (χ0n) is 6.55. The van der Waals surface area contributed by atoms with E-state index in [2.05, 4.69) is 10.1 Å². The third-order valence-corrected chi connectivity index (χ3v) is 1.29. The van der Waals surface area contributed by atoms with Crippen LogP contribution in [-0.2, 0) is 9.53 Å². The van der Waals surface area contributed by atoms with Gasteiger partial charge in [-0.2, -0.15) is 0 Å². The molecule has 0 aromatic carbocycles. The smallest absolute Gasteiger partial charge is 0.324 e. The van der Waals surface area contributed by atoms with Gasteiger partial charge in [-0.1, -0.05) is 0 Å². The van der Waals surface area contributed by atoms with Gasteiger partial charge in [-0.15, -0.1) is 0 Å². The average molecular weight is 146 g/mol. The standard InChI is InChI=1S/C6H14N2O2/c1-4(7)5(8-2)6(9)10-3/h4-5,8H,7H2,1-3H3/t4-,5-/m0/s1. The molecule has 0 aromatic heterocycles. The van der Waals surface area contributed by atoms with E-state index in [-0.39, 0.29) is 12.0 Å². The minimum atomic E-state index is -0.398. The summed E-state index contributed by atoms with van der Waals surface area (Å²) in [7, 11) is 3.01. The quantitative estimate of drug-likeness (QED) is 0.506. The Balaban J connectivity index is 3.93. The molecule has 0 spiro atoms. The largest absolute Gasteiger partial charge is 0.468 e. The average Bonchev–Trinajstić information content (AvgIpc) is 1.88. The Bertz CT molecular complexity index is 114. The number of nitrogens with one attached hydrogen (secondary N) is 1. The molecular formula is C6H14N2O2. The van der Waals surface area contributed by atoms with Crippen LogP contribution in [0.15, 0.2) is 0 Å². The second-order valence-corrected chi connectivity index (χ2v) is 2.15. The Hall–Kier alpha value is -0.610. The molecule has 0 amide bonds. The van der Waals surface area contributed by atoms with Gasteiger partial charge >= 0.3 is 5.97 Å². The Morgan fingerprint density at radius 1 is 1.70 bits per heavy atom.